The smallest absolute Gasteiger partial charge is 0.140 e. The lowest BCUT2D eigenvalue weighted by atomic mass is 10.2. The summed E-state index contributed by atoms with van der Waals surface area (Å²) in [7, 11) is 3.82. The van der Waals surface area contributed by atoms with Crippen LogP contribution in [0.15, 0.2) is 30.5 Å². The Morgan fingerprint density at radius 1 is 1.31 bits per heavy atom. The number of benzene rings is 1. The number of halogens is 1. The van der Waals surface area contributed by atoms with Gasteiger partial charge in [-0.05, 0) is 31.3 Å². The van der Waals surface area contributed by atoms with E-state index in [1.165, 1.54) is 12.1 Å². The Morgan fingerprint density at radius 2 is 2.00 bits per heavy atom. The molecule has 1 heterocycles. The lowest BCUT2D eigenvalue weighted by molar-refractivity contribution is 0.628. The van der Waals surface area contributed by atoms with Gasteiger partial charge in [0, 0.05) is 25.4 Å². The summed E-state index contributed by atoms with van der Waals surface area (Å²) < 4.78 is 14.7. The third-order valence-corrected chi connectivity index (χ3v) is 2.39. The van der Waals surface area contributed by atoms with Crippen LogP contribution in [0.3, 0.4) is 0 Å². The molecule has 0 spiro atoms. The fourth-order valence-electron chi connectivity index (χ4n) is 1.66. The summed E-state index contributed by atoms with van der Waals surface area (Å²) >= 11 is 0. The zero-order valence-electron chi connectivity index (χ0n) is 9.37. The fourth-order valence-corrected chi connectivity index (χ4v) is 1.66. The molecule has 0 unspecified atom stereocenters. The minimum absolute atomic E-state index is 0.228. The largest absolute Gasteiger partial charge is 0.334 e. The third kappa shape index (κ3) is 2.12. The predicted octanol–water partition coefficient (Wildman–Crippen LogP) is 1.95. The number of rotatable bonds is 3. The standard InChI is InChI=1S/C12H14FN3/c1-14-7-11-8-16(2)12(15-11)9-3-5-10(13)6-4-9/h3-6,8,14H,7H2,1-2H3. The van der Waals surface area contributed by atoms with Gasteiger partial charge in [0.1, 0.15) is 11.6 Å². The number of nitrogens with zero attached hydrogens (tertiary/aromatic N) is 2. The van der Waals surface area contributed by atoms with E-state index in [4.69, 9.17) is 0 Å². The Kier molecular flexibility index (Phi) is 3.01. The van der Waals surface area contributed by atoms with Crippen LogP contribution >= 0.6 is 0 Å². The molecule has 2 aromatic rings. The van der Waals surface area contributed by atoms with Crippen LogP contribution in [0.1, 0.15) is 5.69 Å². The number of nitrogens with one attached hydrogen (secondary N) is 1. The first-order valence-corrected chi connectivity index (χ1v) is 5.13. The van der Waals surface area contributed by atoms with Gasteiger partial charge in [-0.25, -0.2) is 9.37 Å². The van der Waals surface area contributed by atoms with Gasteiger partial charge in [0.2, 0.25) is 0 Å². The van der Waals surface area contributed by atoms with E-state index in [9.17, 15) is 4.39 Å². The molecule has 0 bridgehead atoms. The summed E-state index contributed by atoms with van der Waals surface area (Å²) in [5.41, 5.74) is 1.90. The average Bonchev–Trinajstić information content (AvgIpc) is 2.61. The Hall–Kier alpha value is -1.68. The summed E-state index contributed by atoms with van der Waals surface area (Å²) in [6.45, 7) is 0.731. The Morgan fingerprint density at radius 3 is 2.62 bits per heavy atom. The number of aromatic nitrogens is 2. The highest BCUT2D eigenvalue weighted by molar-refractivity contribution is 5.55. The molecule has 1 aromatic carbocycles. The zero-order chi connectivity index (χ0) is 11.5. The minimum Gasteiger partial charge on any atom is -0.334 e. The monoisotopic (exact) mass is 219 g/mol. The molecule has 4 heteroatoms. The van der Waals surface area contributed by atoms with Crippen molar-refractivity contribution in [2.45, 2.75) is 6.54 Å². The zero-order valence-corrected chi connectivity index (χ0v) is 9.37. The topological polar surface area (TPSA) is 29.9 Å². The van der Waals surface area contributed by atoms with Gasteiger partial charge in [0.25, 0.3) is 0 Å². The summed E-state index contributed by atoms with van der Waals surface area (Å²) in [5, 5.41) is 3.05. The first-order valence-electron chi connectivity index (χ1n) is 5.13. The SMILES string of the molecule is CNCc1cn(C)c(-c2ccc(F)cc2)n1. The van der Waals surface area contributed by atoms with E-state index in [-0.39, 0.29) is 5.82 Å². The number of aryl methyl sites for hydroxylation is 1. The van der Waals surface area contributed by atoms with Gasteiger partial charge in [-0.2, -0.15) is 0 Å². The van der Waals surface area contributed by atoms with Crippen molar-refractivity contribution < 1.29 is 4.39 Å². The van der Waals surface area contributed by atoms with Crippen LogP contribution in [0.2, 0.25) is 0 Å². The maximum Gasteiger partial charge on any atom is 0.140 e. The first-order chi connectivity index (χ1) is 7.70. The lowest BCUT2D eigenvalue weighted by Crippen LogP contribution is -2.04. The Bertz CT molecular complexity index is 474. The molecule has 2 rings (SSSR count). The number of imidazole rings is 1. The van der Waals surface area contributed by atoms with Crippen LogP contribution in [-0.4, -0.2) is 16.6 Å². The summed E-state index contributed by atoms with van der Waals surface area (Å²) in [6.07, 6.45) is 1.97. The van der Waals surface area contributed by atoms with Crippen LogP contribution in [0, 0.1) is 5.82 Å². The predicted molar refractivity (Wildman–Crippen MR) is 61.4 cm³/mol. The summed E-state index contributed by atoms with van der Waals surface area (Å²) in [4.78, 5) is 4.48. The molecular weight excluding hydrogens is 205 g/mol. The van der Waals surface area contributed by atoms with Gasteiger partial charge in [0.05, 0.1) is 5.69 Å². The number of hydrogen-bond donors (Lipinski definition) is 1. The Labute approximate surface area is 93.9 Å². The molecule has 0 saturated carbocycles. The van der Waals surface area contributed by atoms with Gasteiger partial charge < -0.3 is 9.88 Å². The van der Waals surface area contributed by atoms with Crippen LogP contribution in [0.5, 0.6) is 0 Å². The van der Waals surface area contributed by atoms with Gasteiger partial charge in [-0.15, -0.1) is 0 Å². The lowest BCUT2D eigenvalue weighted by Gasteiger charge is -2.00. The van der Waals surface area contributed by atoms with Gasteiger partial charge in [0.15, 0.2) is 0 Å². The van der Waals surface area contributed by atoms with Crippen molar-refractivity contribution in [1.82, 2.24) is 14.9 Å². The molecule has 0 saturated heterocycles. The van der Waals surface area contributed by atoms with Crippen molar-refractivity contribution >= 4 is 0 Å². The number of hydrogen-bond acceptors (Lipinski definition) is 2. The first kappa shape index (κ1) is 10.8. The van der Waals surface area contributed by atoms with Gasteiger partial charge in [-0.1, -0.05) is 0 Å². The molecule has 0 fully saturated rings. The molecule has 0 aliphatic heterocycles. The maximum atomic E-state index is 12.8. The van der Waals surface area contributed by atoms with Crippen LogP contribution in [0.25, 0.3) is 11.4 Å². The molecule has 1 aromatic heterocycles. The van der Waals surface area contributed by atoms with Crippen molar-refractivity contribution in [3.63, 3.8) is 0 Å². The molecule has 1 N–H and O–H groups in total. The second kappa shape index (κ2) is 4.45. The fraction of sp³-hybridized carbons (Fsp3) is 0.250. The molecule has 0 aliphatic carbocycles. The van der Waals surface area contributed by atoms with E-state index >= 15 is 0 Å². The molecule has 84 valence electrons. The highest BCUT2D eigenvalue weighted by atomic mass is 19.1. The van der Waals surface area contributed by atoms with Gasteiger partial charge in [-0.3, -0.25) is 0 Å². The van der Waals surface area contributed by atoms with Gasteiger partial charge >= 0.3 is 0 Å². The molecule has 0 amide bonds. The quantitative estimate of drug-likeness (QED) is 0.855. The second-order valence-corrected chi connectivity index (χ2v) is 3.70. The molecule has 0 aliphatic rings. The third-order valence-electron chi connectivity index (χ3n) is 2.39. The minimum atomic E-state index is -0.228. The van der Waals surface area contributed by atoms with Crippen molar-refractivity contribution in [3.8, 4) is 11.4 Å². The molecule has 0 radical (unpaired) electrons. The normalized spacial score (nSPS) is 10.7. The van der Waals surface area contributed by atoms with E-state index in [0.717, 1.165) is 23.6 Å². The highest BCUT2D eigenvalue weighted by Gasteiger charge is 2.06. The summed E-state index contributed by atoms with van der Waals surface area (Å²) in [6, 6.07) is 6.37. The van der Waals surface area contributed by atoms with E-state index in [0.29, 0.717) is 0 Å². The molecule has 0 atom stereocenters. The van der Waals surface area contributed by atoms with Crippen LogP contribution in [0.4, 0.5) is 4.39 Å². The van der Waals surface area contributed by atoms with Crippen LogP contribution < -0.4 is 5.32 Å². The van der Waals surface area contributed by atoms with Crippen molar-refractivity contribution in [3.05, 3.63) is 42.0 Å². The van der Waals surface area contributed by atoms with Crippen molar-refractivity contribution in [1.29, 1.82) is 0 Å². The highest BCUT2D eigenvalue weighted by Crippen LogP contribution is 2.18. The van der Waals surface area contributed by atoms with E-state index in [1.807, 2.05) is 24.9 Å². The average molecular weight is 219 g/mol. The van der Waals surface area contributed by atoms with E-state index in [1.54, 1.807) is 12.1 Å². The van der Waals surface area contributed by atoms with E-state index < -0.39 is 0 Å². The molecule has 16 heavy (non-hydrogen) atoms. The Balaban J connectivity index is 2.36. The summed E-state index contributed by atoms with van der Waals surface area (Å²) in [5.74, 6) is 0.624. The second-order valence-electron chi connectivity index (χ2n) is 3.70. The van der Waals surface area contributed by atoms with E-state index in [2.05, 4.69) is 10.3 Å². The van der Waals surface area contributed by atoms with Crippen LogP contribution in [-0.2, 0) is 13.6 Å². The van der Waals surface area contributed by atoms with Crippen molar-refractivity contribution in [2.75, 3.05) is 7.05 Å². The van der Waals surface area contributed by atoms with Crippen molar-refractivity contribution in [2.24, 2.45) is 7.05 Å². The molecule has 3 nitrogen and oxygen atoms in total. The molecular formula is C12H14FN3. The maximum absolute atomic E-state index is 12.8.